The highest BCUT2D eigenvalue weighted by atomic mass is 16.5. The van der Waals surface area contributed by atoms with Crippen LogP contribution in [0.1, 0.15) is 47.4 Å². The predicted molar refractivity (Wildman–Crippen MR) is 132 cm³/mol. The lowest BCUT2D eigenvalue weighted by Crippen LogP contribution is -2.28. The van der Waals surface area contributed by atoms with Crippen molar-refractivity contribution >= 4 is 28.5 Å². The van der Waals surface area contributed by atoms with Gasteiger partial charge >= 0.3 is 0 Å². The van der Waals surface area contributed by atoms with Crippen LogP contribution in [0, 0.1) is 6.92 Å². The Hall–Kier alpha value is -4.27. The third-order valence-electron chi connectivity index (χ3n) is 5.80. The fraction of sp³-hybridized carbons (Fsp3) is 0.269. The number of hydrogen-bond donors (Lipinski definition) is 2. The molecule has 9 heteroatoms. The first-order valence-electron chi connectivity index (χ1n) is 11.7. The Labute approximate surface area is 202 Å². The summed E-state index contributed by atoms with van der Waals surface area (Å²) in [5.74, 6) is 1.14. The average Bonchev–Trinajstić information content (AvgIpc) is 3.67. The molecule has 0 saturated heterocycles. The summed E-state index contributed by atoms with van der Waals surface area (Å²) in [5, 5.41) is 11.0. The minimum atomic E-state index is -0.237. The molecule has 2 N–H and O–H groups in total. The zero-order chi connectivity index (χ0) is 24.4. The van der Waals surface area contributed by atoms with Crippen molar-refractivity contribution in [1.82, 2.24) is 25.1 Å². The molecule has 0 aliphatic heterocycles. The molecule has 1 fully saturated rings. The molecule has 178 valence electrons. The number of aryl methyl sites for hydroxylation is 1. The second kappa shape index (κ2) is 9.54. The summed E-state index contributed by atoms with van der Waals surface area (Å²) in [6.07, 6.45) is 3.84. The predicted octanol–water partition coefficient (Wildman–Crippen LogP) is 3.77. The van der Waals surface area contributed by atoms with E-state index in [2.05, 4.69) is 20.7 Å². The molecule has 1 aliphatic carbocycles. The number of benzene rings is 1. The highest BCUT2D eigenvalue weighted by Crippen LogP contribution is 2.40. The molecule has 3 aromatic heterocycles. The Balaban J connectivity index is 1.43. The second-order valence-corrected chi connectivity index (χ2v) is 8.47. The van der Waals surface area contributed by atoms with Crippen LogP contribution in [0.3, 0.4) is 0 Å². The van der Waals surface area contributed by atoms with E-state index >= 15 is 0 Å². The Morgan fingerprint density at radius 1 is 1.14 bits per heavy atom. The van der Waals surface area contributed by atoms with Crippen molar-refractivity contribution in [3.05, 3.63) is 71.7 Å². The molecule has 0 radical (unpaired) electrons. The molecule has 9 nitrogen and oxygen atoms in total. The van der Waals surface area contributed by atoms with Crippen LogP contribution < -0.4 is 15.4 Å². The van der Waals surface area contributed by atoms with E-state index in [9.17, 15) is 9.59 Å². The van der Waals surface area contributed by atoms with Gasteiger partial charge in [0.2, 0.25) is 0 Å². The van der Waals surface area contributed by atoms with Crippen molar-refractivity contribution in [3.8, 4) is 11.6 Å². The van der Waals surface area contributed by atoms with Crippen molar-refractivity contribution < 1.29 is 14.3 Å². The molecule has 0 bridgehead atoms. The van der Waals surface area contributed by atoms with E-state index in [4.69, 9.17) is 9.72 Å². The molecule has 0 spiro atoms. The highest BCUT2D eigenvalue weighted by molar-refractivity contribution is 6.12. The second-order valence-electron chi connectivity index (χ2n) is 8.47. The number of aromatic nitrogens is 4. The molecule has 0 atom stereocenters. The number of pyridine rings is 2. The average molecular weight is 471 g/mol. The minimum absolute atomic E-state index is 0.0575. The van der Waals surface area contributed by atoms with E-state index in [0.717, 1.165) is 18.5 Å². The first kappa shape index (κ1) is 22.5. The molecule has 4 aromatic rings. The molecule has 5 rings (SSSR count). The van der Waals surface area contributed by atoms with Crippen LogP contribution in [-0.4, -0.2) is 44.7 Å². The SMILES string of the molecule is CCNC(=O)COc1ccc(NC(=O)c2cc(C3CC3)nc3c2c(C)nn3-c2ccccn2)cc1. The van der Waals surface area contributed by atoms with Gasteiger partial charge in [0.1, 0.15) is 5.75 Å². The number of carbonyl (C=O) groups excluding carboxylic acids is 2. The number of rotatable bonds is 8. The molecule has 2 amide bonds. The van der Waals surface area contributed by atoms with E-state index in [-0.39, 0.29) is 18.4 Å². The van der Waals surface area contributed by atoms with Gasteiger partial charge in [-0.05, 0) is 69.2 Å². The maximum atomic E-state index is 13.4. The van der Waals surface area contributed by atoms with Gasteiger partial charge in [0, 0.05) is 30.0 Å². The third kappa shape index (κ3) is 4.84. The summed E-state index contributed by atoms with van der Waals surface area (Å²) in [5.41, 5.74) is 3.39. The van der Waals surface area contributed by atoms with Crippen LogP contribution in [0.25, 0.3) is 16.9 Å². The number of hydrogen-bond acceptors (Lipinski definition) is 6. The largest absolute Gasteiger partial charge is 0.484 e. The summed E-state index contributed by atoms with van der Waals surface area (Å²) in [4.78, 5) is 34.3. The molecule has 1 aliphatic rings. The number of nitrogens with zero attached hydrogens (tertiary/aromatic N) is 4. The van der Waals surface area contributed by atoms with Crippen molar-refractivity contribution in [2.24, 2.45) is 0 Å². The zero-order valence-electron chi connectivity index (χ0n) is 19.6. The van der Waals surface area contributed by atoms with E-state index in [1.807, 2.05) is 38.1 Å². The summed E-state index contributed by atoms with van der Waals surface area (Å²) in [6.45, 7) is 4.22. The first-order valence-corrected chi connectivity index (χ1v) is 11.7. The lowest BCUT2D eigenvalue weighted by molar-refractivity contribution is -0.122. The zero-order valence-corrected chi connectivity index (χ0v) is 19.6. The van der Waals surface area contributed by atoms with Gasteiger partial charge in [0.15, 0.2) is 18.1 Å². The lowest BCUT2D eigenvalue weighted by atomic mass is 10.1. The van der Waals surface area contributed by atoms with Crippen LogP contribution in [-0.2, 0) is 4.79 Å². The maximum Gasteiger partial charge on any atom is 0.257 e. The van der Waals surface area contributed by atoms with Gasteiger partial charge in [-0.25, -0.2) is 9.97 Å². The third-order valence-corrected chi connectivity index (χ3v) is 5.80. The van der Waals surface area contributed by atoms with E-state index in [1.165, 1.54) is 0 Å². The number of likely N-dealkylation sites (N-methyl/N-ethyl adjacent to an activating group) is 1. The van der Waals surface area contributed by atoms with Gasteiger partial charge in [-0.15, -0.1) is 0 Å². The highest BCUT2D eigenvalue weighted by Gasteiger charge is 2.29. The van der Waals surface area contributed by atoms with Gasteiger partial charge in [0.05, 0.1) is 16.6 Å². The number of nitrogens with one attached hydrogen (secondary N) is 2. The van der Waals surface area contributed by atoms with Gasteiger partial charge in [-0.1, -0.05) is 6.07 Å². The minimum Gasteiger partial charge on any atom is -0.484 e. The molecule has 1 saturated carbocycles. The quantitative estimate of drug-likeness (QED) is 0.406. The summed E-state index contributed by atoms with van der Waals surface area (Å²) in [7, 11) is 0. The maximum absolute atomic E-state index is 13.4. The fourth-order valence-corrected chi connectivity index (χ4v) is 3.94. The van der Waals surface area contributed by atoms with Crippen LogP contribution in [0.2, 0.25) is 0 Å². The summed E-state index contributed by atoms with van der Waals surface area (Å²) in [6, 6.07) is 14.4. The van der Waals surface area contributed by atoms with Crippen molar-refractivity contribution in [1.29, 1.82) is 0 Å². The molecular formula is C26H26N6O3. The van der Waals surface area contributed by atoms with Gasteiger partial charge in [-0.3, -0.25) is 9.59 Å². The van der Waals surface area contributed by atoms with Gasteiger partial charge in [0.25, 0.3) is 11.8 Å². The van der Waals surface area contributed by atoms with Crippen LogP contribution in [0.5, 0.6) is 5.75 Å². The summed E-state index contributed by atoms with van der Waals surface area (Å²) >= 11 is 0. The fourth-order valence-electron chi connectivity index (χ4n) is 3.94. The lowest BCUT2D eigenvalue weighted by Gasteiger charge is -2.10. The normalized spacial score (nSPS) is 13.0. The Morgan fingerprint density at radius 3 is 2.63 bits per heavy atom. The van der Waals surface area contributed by atoms with Crippen LogP contribution >= 0.6 is 0 Å². The Morgan fingerprint density at radius 2 is 1.94 bits per heavy atom. The molecule has 35 heavy (non-hydrogen) atoms. The molecule has 1 aromatic carbocycles. The van der Waals surface area contributed by atoms with Crippen molar-refractivity contribution in [2.75, 3.05) is 18.5 Å². The number of anilines is 1. The van der Waals surface area contributed by atoms with Gasteiger partial charge < -0.3 is 15.4 Å². The molecular weight excluding hydrogens is 444 g/mol. The van der Waals surface area contributed by atoms with Crippen molar-refractivity contribution in [2.45, 2.75) is 32.6 Å². The summed E-state index contributed by atoms with van der Waals surface area (Å²) < 4.78 is 7.18. The number of fused-ring (bicyclic) bond motifs is 1. The molecule has 0 unspecified atom stereocenters. The molecule has 3 heterocycles. The topological polar surface area (TPSA) is 111 Å². The van der Waals surface area contributed by atoms with Crippen LogP contribution in [0.15, 0.2) is 54.7 Å². The number of amides is 2. The smallest absolute Gasteiger partial charge is 0.257 e. The van der Waals surface area contributed by atoms with E-state index in [1.54, 1.807) is 35.1 Å². The van der Waals surface area contributed by atoms with Gasteiger partial charge in [-0.2, -0.15) is 9.78 Å². The van der Waals surface area contributed by atoms with E-state index < -0.39 is 0 Å². The first-order chi connectivity index (χ1) is 17.0. The number of carbonyl (C=O) groups is 2. The Kier molecular flexibility index (Phi) is 6.13. The van der Waals surface area contributed by atoms with Crippen molar-refractivity contribution in [3.63, 3.8) is 0 Å². The monoisotopic (exact) mass is 470 g/mol. The number of ether oxygens (including phenoxy) is 1. The Bertz CT molecular complexity index is 1380. The standard InChI is InChI=1S/C26H26N6O3/c1-3-27-23(33)15-35-19-11-9-18(10-12-19)29-26(34)20-14-21(17-7-8-17)30-25-24(20)16(2)31-32(25)22-6-4-5-13-28-22/h4-6,9-14,17H,3,7-8,15H2,1-2H3,(H,27,33)(H,29,34). The van der Waals surface area contributed by atoms with E-state index in [0.29, 0.717) is 52.0 Å². The van der Waals surface area contributed by atoms with Crippen LogP contribution in [0.4, 0.5) is 5.69 Å².